The third-order valence-electron chi connectivity index (χ3n) is 7.79. The van der Waals surface area contributed by atoms with Gasteiger partial charge in [-0.15, -0.1) is 0 Å². The number of piperidine rings is 1. The normalized spacial score (nSPS) is 13.8. The lowest BCUT2D eigenvalue weighted by molar-refractivity contribution is 0.0980. The van der Waals surface area contributed by atoms with Gasteiger partial charge in [-0.25, -0.2) is 4.39 Å². The van der Waals surface area contributed by atoms with Crippen LogP contribution in [0.5, 0.6) is 0 Å². The first-order valence-electron chi connectivity index (χ1n) is 13.7. The van der Waals surface area contributed by atoms with Crippen LogP contribution in [0.25, 0.3) is 0 Å². The molecule has 40 heavy (non-hydrogen) atoms. The highest BCUT2D eigenvalue weighted by Crippen LogP contribution is 2.26. The number of hydrogen-bond acceptors (Lipinski definition) is 4. The van der Waals surface area contributed by atoms with E-state index >= 15 is 0 Å². The molecule has 5 nitrogen and oxygen atoms in total. The summed E-state index contributed by atoms with van der Waals surface area (Å²) in [5, 5.41) is 0. The molecule has 4 aromatic rings. The molecule has 2 heterocycles. The van der Waals surface area contributed by atoms with Crippen molar-refractivity contribution < 1.29 is 18.8 Å². The first-order chi connectivity index (χ1) is 19.3. The van der Waals surface area contributed by atoms with Gasteiger partial charge < -0.3 is 9.47 Å². The standard InChI is InChI=1S/C34H33FN2O3/c1-23-15-18-37(19-16-23)30-14-13-28(22-29(30)35)32(38)20-24-5-9-26(10-6-24)34(40)27-11-7-25(8-12-27)21-33(39)31-4-3-17-36(31)2/h3-14,17,22-23H,15-16,18-21H2,1-2H3. The number of carbonyl (C=O) groups is 3. The summed E-state index contributed by atoms with van der Waals surface area (Å²) in [7, 11) is 1.84. The van der Waals surface area contributed by atoms with E-state index in [0.29, 0.717) is 34.0 Å². The largest absolute Gasteiger partial charge is 0.369 e. The second-order valence-electron chi connectivity index (χ2n) is 10.8. The molecule has 1 saturated heterocycles. The topological polar surface area (TPSA) is 59.4 Å². The van der Waals surface area contributed by atoms with Gasteiger partial charge in [0.2, 0.25) is 0 Å². The van der Waals surface area contributed by atoms with Crippen LogP contribution in [0.4, 0.5) is 10.1 Å². The summed E-state index contributed by atoms with van der Waals surface area (Å²) < 4.78 is 16.6. The van der Waals surface area contributed by atoms with Crippen LogP contribution in [-0.2, 0) is 19.9 Å². The fourth-order valence-corrected chi connectivity index (χ4v) is 5.22. The smallest absolute Gasteiger partial charge is 0.193 e. The molecule has 204 valence electrons. The molecule has 0 radical (unpaired) electrons. The zero-order valence-electron chi connectivity index (χ0n) is 22.9. The van der Waals surface area contributed by atoms with Crippen molar-refractivity contribution in [1.82, 2.24) is 4.57 Å². The first kappa shape index (κ1) is 27.3. The minimum absolute atomic E-state index is 0.0204. The number of aromatic nitrogens is 1. The maximum atomic E-state index is 14.9. The maximum Gasteiger partial charge on any atom is 0.193 e. The third-order valence-corrected chi connectivity index (χ3v) is 7.79. The average molecular weight is 537 g/mol. The van der Waals surface area contributed by atoms with Crippen molar-refractivity contribution in [2.45, 2.75) is 32.6 Å². The Kier molecular flexibility index (Phi) is 8.06. The van der Waals surface area contributed by atoms with Crippen molar-refractivity contribution in [3.05, 3.63) is 124 Å². The van der Waals surface area contributed by atoms with E-state index in [4.69, 9.17) is 0 Å². The molecule has 6 heteroatoms. The maximum absolute atomic E-state index is 14.9. The molecule has 0 atom stereocenters. The fourth-order valence-electron chi connectivity index (χ4n) is 5.22. The number of nitrogens with zero attached hydrogens (tertiary/aromatic N) is 2. The number of anilines is 1. The highest BCUT2D eigenvalue weighted by Gasteiger charge is 2.20. The van der Waals surface area contributed by atoms with Gasteiger partial charge in [-0.3, -0.25) is 14.4 Å². The highest BCUT2D eigenvalue weighted by molar-refractivity contribution is 6.09. The number of halogens is 1. The van der Waals surface area contributed by atoms with E-state index < -0.39 is 0 Å². The number of Topliss-reactive ketones (excluding diaryl/α,β-unsaturated/α-hetero) is 2. The van der Waals surface area contributed by atoms with Crippen molar-refractivity contribution in [2.24, 2.45) is 13.0 Å². The highest BCUT2D eigenvalue weighted by atomic mass is 19.1. The van der Waals surface area contributed by atoms with Gasteiger partial charge in [0.05, 0.1) is 11.4 Å². The number of ketones is 3. The lowest BCUT2D eigenvalue weighted by Crippen LogP contribution is -2.33. The van der Waals surface area contributed by atoms with Gasteiger partial charge in [-0.2, -0.15) is 0 Å². The van der Waals surface area contributed by atoms with Crippen LogP contribution in [0, 0.1) is 11.7 Å². The van der Waals surface area contributed by atoms with Crippen molar-refractivity contribution in [2.75, 3.05) is 18.0 Å². The van der Waals surface area contributed by atoms with E-state index in [1.54, 1.807) is 71.3 Å². The SMILES string of the molecule is CC1CCN(c2ccc(C(=O)Cc3ccc(C(=O)c4ccc(CC(=O)c5cccn5C)cc4)cc3)cc2F)CC1. The third kappa shape index (κ3) is 6.12. The Labute approximate surface area is 234 Å². The zero-order valence-corrected chi connectivity index (χ0v) is 22.9. The summed E-state index contributed by atoms with van der Waals surface area (Å²) in [6.45, 7) is 3.87. The molecule has 1 aliphatic rings. The Morgan fingerprint density at radius 1 is 0.775 bits per heavy atom. The first-order valence-corrected chi connectivity index (χ1v) is 13.7. The fraction of sp³-hybridized carbons (Fsp3) is 0.265. The predicted molar refractivity (Wildman–Crippen MR) is 155 cm³/mol. The van der Waals surface area contributed by atoms with E-state index in [1.165, 1.54) is 6.07 Å². The van der Waals surface area contributed by atoms with Crippen LogP contribution in [0.1, 0.15) is 67.7 Å². The van der Waals surface area contributed by atoms with Crippen LogP contribution in [0.15, 0.2) is 85.1 Å². The average Bonchev–Trinajstić information content (AvgIpc) is 3.40. The monoisotopic (exact) mass is 536 g/mol. The molecule has 1 aliphatic heterocycles. The quantitative estimate of drug-likeness (QED) is 0.230. The van der Waals surface area contributed by atoms with E-state index in [1.807, 2.05) is 19.3 Å². The second-order valence-corrected chi connectivity index (χ2v) is 10.8. The molecule has 0 spiro atoms. The van der Waals surface area contributed by atoms with E-state index in [9.17, 15) is 18.8 Å². The van der Waals surface area contributed by atoms with Crippen LogP contribution >= 0.6 is 0 Å². The summed E-state index contributed by atoms with van der Waals surface area (Å²) in [5.74, 6) is 0.00777. The molecule has 1 fully saturated rings. The van der Waals surface area contributed by atoms with Crippen molar-refractivity contribution in [3.63, 3.8) is 0 Å². The Morgan fingerprint density at radius 2 is 1.32 bits per heavy atom. The van der Waals surface area contributed by atoms with Gasteiger partial charge in [-0.05, 0) is 60.2 Å². The van der Waals surface area contributed by atoms with E-state index in [-0.39, 0.29) is 36.0 Å². The molecule has 5 rings (SSSR count). The van der Waals surface area contributed by atoms with Crippen molar-refractivity contribution in [1.29, 1.82) is 0 Å². The van der Waals surface area contributed by atoms with Gasteiger partial charge in [-0.1, -0.05) is 55.5 Å². The summed E-state index contributed by atoms with van der Waals surface area (Å²) in [6.07, 6.45) is 4.31. The number of hydrogen-bond donors (Lipinski definition) is 0. The van der Waals surface area contributed by atoms with Gasteiger partial charge in [0, 0.05) is 55.9 Å². The summed E-state index contributed by atoms with van der Waals surface area (Å²) >= 11 is 0. The second kappa shape index (κ2) is 11.8. The molecular weight excluding hydrogens is 503 g/mol. The molecule has 3 aromatic carbocycles. The van der Waals surface area contributed by atoms with Crippen LogP contribution < -0.4 is 4.90 Å². The number of rotatable bonds is 9. The molecule has 1 aromatic heterocycles. The molecule has 0 unspecified atom stereocenters. The lowest BCUT2D eigenvalue weighted by atomic mass is 9.97. The molecule has 0 aliphatic carbocycles. The minimum atomic E-state index is -0.364. The van der Waals surface area contributed by atoms with Crippen LogP contribution in [0.2, 0.25) is 0 Å². The summed E-state index contributed by atoms with van der Waals surface area (Å²) in [6, 6.07) is 22.4. The lowest BCUT2D eigenvalue weighted by Gasteiger charge is -2.32. The summed E-state index contributed by atoms with van der Waals surface area (Å²) in [5.41, 5.74) is 4.18. The Hall–Kier alpha value is -4.32. The van der Waals surface area contributed by atoms with Crippen molar-refractivity contribution in [3.8, 4) is 0 Å². The summed E-state index contributed by atoms with van der Waals surface area (Å²) in [4.78, 5) is 40.4. The Balaban J connectivity index is 1.19. The minimum Gasteiger partial charge on any atom is -0.369 e. The van der Waals surface area contributed by atoms with E-state index in [0.717, 1.165) is 37.1 Å². The van der Waals surface area contributed by atoms with Crippen LogP contribution in [0.3, 0.4) is 0 Å². The molecule has 0 amide bonds. The molecule has 0 N–H and O–H groups in total. The van der Waals surface area contributed by atoms with Crippen LogP contribution in [-0.4, -0.2) is 35.0 Å². The predicted octanol–water partition coefficient (Wildman–Crippen LogP) is 6.48. The van der Waals surface area contributed by atoms with Gasteiger partial charge in [0.1, 0.15) is 5.82 Å². The van der Waals surface area contributed by atoms with Gasteiger partial charge in [0.25, 0.3) is 0 Å². The Morgan fingerprint density at radius 3 is 1.85 bits per heavy atom. The number of aryl methyl sites for hydroxylation is 1. The number of carbonyl (C=O) groups excluding carboxylic acids is 3. The van der Waals surface area contributed by atoms with Crippen molar-refractivity contribution >= 4 is 23.0 Å². The van der Waals surface area contributed by atoms with Gasteiger partial charge in [0.15, 0.2) is 17.3 Å². The Bertz CT molecular complexity index is 1530. The molecule has 0 bridgehead atoms. The zero-order chi connectivity index (χ0) is 28.2. The molecular formula is C34H33FN2O3. The molecule has 0 saturated carbocycles. The number of benzene rings is 3. The van der Waals surface area contributed by atoms with Gasteiger partial charge >= 0.3 is 0 Å². The van der Waals surface area contributed by atoms with E-state index in [2.05, 4.69) is 11.8 Å².